The molecule has 0 aliphatic rings. The topological polar surface area (TPSA) is 199 Å². The summed E-state index contributed by atoms with van der Waals surface area (Å²) in [5.41, 5.74) is 16.4. The zero-order valence-electron chi connectivity index (χ0n) is 15.5. The second-order valence-corrected chi connectivity index (χ2v) is 9.98. The number of fused-ring (bicyclic) bond motifs is 1. The van der Waals surface area contributed by atoms with Gasteiger partial charge in [-0.3, -0.25) is 0 Å². The lowest BCUT2D eigenvalue weighted by molar-refractivity contribution is 0.586. The summed E-state index contributed by atoms with van der Waals surface area (Å²) in [6.07, 6.45) is 1.34. The molecule has 0 aliphatic heterocycles. The van der Waals surface area contributed by atoms with Gasteiger partial charge < -0.3 is 16.0 Å². The lowest BCUT2D eigenvalue weighted by Crippen LogP contribution is -2.28. The van der Waals surface area contributed by atoms with Crippen LogP contribution in [-0.2, 0) is 21.2 Å². The van der Waals surface area contributed by atoms with E-state index in [4.69, 9.17) is 22.4 Å². The first-order chi connectivity index (χ1) is 13.6. The maximum absolute atomic E-state index is 12.4. The standard InChI is InChI=1S/C16H19N7O3S3/c1-7-3-4-9(12-13(7)27-16(18)21-12)8-5-6-10(28(2)24)14(29(20,25)26)11(8)15(17)22-23-19/h3-6,23H,19H2,1-2H3,(H2,17,22)(H2,18,21)(H2,20,25,26). The molecular weight excluding hydrogens is 434 g/mol. The number of hydrazine groups is 1. The predicted molar refractivity (Wildman–Crippen MR) is 116 cm³/mol. The van der Waals surface area contributed by atoms with E-state index in [9.17, 15) is 13.0 Å². The molecule has 1 aromatic heterocycles. The van der Waals surface area contributed by atoms with Crippen LogP contribution in [0.2, 0.25) is 0 Å². The van der Waals surface area contributed by atoms with Crippen molar-refractivity contribution in [3.05, 3.63) is 35.4 Å². The van der Waals surface area contributed by atoms with Gasteiger partial charge in [0.2, 0.25) is 10.0 Å². The van der Waals surface area contributed by atoms with Gasteiger partial charge in [0.05, 0.1) is 15.8 Å². The molecular formula is C16H19N7O3S3. The molecule has 0 aliphatic carbocycles. The van der Waals surface area contributed by atoms with Crippen molar-refractivity contribution < 1.29 is 13.0 Å². The van der Waals surface area contributed by atoms with Gasteiger partial charge in [0.25, 0.3) is 0 Å². The lowest BCUT2D eigenvalue weighted by Gasteiger charge is -2.17. The Balaban J connectivity index is 2.52. The van der Waals surface area contributed by atoms with E-state index in [1.54, 1.807) is 12.1 Å². The van der Waals surface area contributed by atoms with Crippen molar-refractivity contribution >= 4 is 53.7 Å². The van der Waals surface area contributed by atoms with Gasteiger partial charge in [-0.1, -0.05) is 23.5 Å². The largest absolute Gasteiger partial charge is 0.612 e. The van der Waals surface area contributed by atoms with Crippen LogP contribution in [-0.4, -0.2) is 30.0 Å². The van der Waals surface area contributed by atoms with Gasteiger partial charge in [-0.15, -0.1) is 5.10 Å². The zero-order chi connectivity index (χ0) is 21.5. The van der Waals surface area contributed by atoms with E-state index >= 15 is 0 Å². The number of nitrogens with two attached hydrogens (primary N) is 4. The molecule has 3 rings (SSSR count). The van der Waals surface area contributed by atoms with Gasteiger partial charge in [-0.2, -0.15) is 0 Å². The van der Waals surface area contributed by atoms with Crippen molar-refractivity contribution in [3.63, 3.8) is 0 Å². The van der Waals surface area contributed by atoms with E-state index in [2.05, 4.69) is 10.1 Å². The number of anilines is 1. The van der Waals surface area contributed by atoms with E-state index in [-0.39, 0.29) is 21.2 Å². The van der Waals surface area contributed by atoms with Crippen molar-refractivity contribution in [2.45, 2.75) is 16.7 Å². The monoisotopic (exact) mass is 453 g/mol. The minimum absolute atomic E-state index is 0.00238. The minimum atomic E-state index is -4.32. The number of hydrogen-bond donors (Lipinski definition) is 5. The van der Waals surface area contributed by atoms with E-state index in [0.29, 0.717) is 21.8 Å². The number of nitrogen functional groups attached to an aromatic ring is 1. The summed E-state index contributed by atoms with van der Waals surface area (Å²) in [4.78, 5) is 4.00. The molecule has 3 aromatic rings. The molecule has 0 spiro atoms. The summed E-state index contributed by atoms with van der Waals surface area (Å²) in [6.45, 7) is 1.91. The summed E-state index contributed by atoms with van der Waals surface area (Å²) >= 11 is -0.353. The van der Waals surface area contributed by atoms with Gasteiger partial charge in [-0.25, -0.2) is 29.9 Å². The number of benzene rings is 2. The first kappa shape index (κ1) is 21.3. The summed E-state index contributed by atoms with van der Waals surface area (Å²) in [5, 5.41) is 9.54. The molecule has 1 unspecified atom stereocenters. The molecule has 1 heterocycles. The highest BCUT2D eigenvalue weighted by molar-refractivity contribution is 7.93. The number of nitrogens with zero attached hydrogens (tertiary/aromatic N) is 2. The van der Waals surface area contributed by atoms with E-state index in [0.717, 1.165) is 10.3 Å². The number of amidine groups is 1. The molecule has 2 aromatic carbocycles. The van der Waals surface area contributed by atoms with E-state index in [1.807, 2.05) is 18.5 Å². The van der Waals surface area contributed by atoms with Crippen LogP contribution in [0.5, 0.6) is 0 Å². The van der Waals surface area contributed by atoms with Crippen LogP contribution in [0.15, 0.2) is 39.2 Å². The normalized spacial score (nSPS) is 13.6. The zero-order valence-corrected chi connectivity index (χ0v) is 17.9. The first-order valence-electron chi connectivity index (χ1n) is 8.04. The highest BCUT2D eigenvalue weighted by Gasteiger charge is 2.30. The Bertz CT molecular complexity index is 1240. The van der Waals surface area contributed by atoms with E-state index in [1.165, 1.54) is 23.7 Å². The fraction of sp³-hybridized carbons (Fsp3) is 0.125. The Morgan fingerprint density at radius 3 is 2.52 bits per heavy atom. The maximum atomic E-state index is 12.4. The molecule has 154 valence electrons. The summed E-state index contributed by atoms with van der Waals surface area (Å²) < 4.78 is 37.9. The fourth-order valence-corrected chi connectivity index (χ4v) is 6.04. The number of nitrogens with one attached hydrogen (secondary N) is 1. The molecule has 0 saturated carbocycles. The van der Waals surface area contributed by atoms with Gasteiger partial charge in [0.1, 0.15) is 11.2 Å². The second kappa shape index (κ2) is 7.78. The SMILES string of the molecule is Cc1ccc(-c2ccc([S+](C)[O-])c(S(N)(=O)=O)c2/C(N)=N/NN)c2nc(N)sc12. The molecule has 9 N–H and O–H groups in total. The maximum Gasteiger partial charge on any atom is 0.243 e. The Labute approximate surface area is 174 Å². The molecule has 0 bridgehead atoms. The molecule has 29 heavy (non-hydrogen) atoms. The fourth-order valence-electron chi connectivity index (χ4n) is 3.04. The Morgan fingerprint density at radius 1 is 1.28 bits per heavy atom. The average Bonchev–Trinajstić information content (AvgIpc) is 3.02. The van der Waals surface area contributed by atoms with Crippen LogP contribution < -0.4 is 28.0 Å². The average molecular weight is 454 g/mol. The number of aryl methyl sites for hydroxylation is 1. The Hall–Kier alpha value is -2.42. The third-order valence-corrected chi connectivity index (χ3v) is 7.31. The predicted octanol–water partition coefficient (Wildman–Crippen LogP) is 0.322. The Kier molecular flexibility index (Phi) is 5.71. The minimum Gasteiger partial charge on any atom is -0.612 e. The number of aromatic nitrogens is 1. The number of hydrazone groups is 1. The summed E-state index contributed by atoms with van der Waals surface area (Å²) in [7, 11) is -4.32. The molecule has 0 radical (unpaired) electrons. The highest BCUT2D eigenvalue weighted by atomic mass is 32.2. The molecule has 10 nitrogen and oxygen atoms in total. The lowest BCUT2D eigenvalue weighted by atomic mass is 9.97. The van der Waals surface area contributed by atoms with Crippen molar-refractivity contribution in [2.75, 3.05) is 12.0 Å². The number of hydrogen-bond acceptors (Lipinski definition) is 9. The number of sulfonamides is 1. The van der Waals surface area contributed by atoms with Crippen molar-refractivity contribution in [1.82, 2.24) is 10.5 Å². The van der Waals surface area contributed by atoms with Crippen molar-refractivity contribution in [2.24, 2.45) is 21.8 Å². The highest BCUT2D eigenvalue weighted by Crippen LogP contribution is 2.39. The smallest absolute Gasteiger partial charge is 0.243 e. The molecule has 0 amide bonds. The van der Waals surface area contributed by atoms with Crippen LogP contribution in [0.4, 0.5) is 5.13 Å². The number of primary sulfonamides is 1. The molecule has 0 saturated heterocycles. The van der Waals surface area contributed by atoms with Gasteiger partial charge in [-0.05, 0) is 41.4 Å². The first-order valence-corrected chi connectivity index (χ1v) is 12.0. The van der Waals surface area contributed by atoms with Crippen molar-refractivity contribution in [1.29, 1.82) is 0 Å². The van der Waals surface area contributed by atoms with Crippen LogP contribution in [0, 0.1) is 6.92 Å². The van der Waals surface area contributed by atoms with Crippen LogP contribution >= 0.6 is 11.3 Å². The van der Waals surface area contributed by atoms with Crippen molar-refractivity contribution in [3.8, 4) is 11.1 Å². The third kappa shape index (κ3) is 3.88. The van der Waals surface area contributed by atoms with Crippen LogP contribution in [0.1, 0.15) is 11.1 Å². The van der Waals surface area contributed by atoms with Crippen LogP contribution in [0.3, 0.4) is 0 Å². The molecule has 13 heteroatoms. The third-order valence-electron chi connectivity index (χ3n) is 4.20. The summed E-state index contributed by atoms with van der Waals surface area (Å²) in [6, 6.07) is 6.66. The number of thiazole rings is 1. The quantitative estimate of drug-likeness (QED) is 0.119. The van der Waals surface area contributed by atoms with Gasteiger partial charge in [0.15, 0.2) is 15.9 Å². The number of rotatable bonds is 5. The van der Waals surface area contributed by atoms with Crippen LogP contribution in [0.25, 0.3) is 21.3 Å². The van der Waals surface area contributed by atoms with Gasteiger partial charge in [0, 0.05) is 5.56 Å². The Morgan fingerprint density at radius 2 is 1.93 bits per heavy atom. The summed E-state index contributed by atoms with van der Waals surface area (Å²) in [5.74, 6) is 5.00. The van der Waals surface area contributed by atoms with Gasteiger partial charge >= 0.3 is 0 Å². The second-order valence-electron chi connectivity index (χ2n) is 6.10. The molecule has 1 atom stereocenters. The molecule has 0 fully saturated rings. The van der Waals surface area contributed by atoms with E-state index < -0.39 is 21.2 Å².